The highest BCUT2D eigenvalue weighted by Crippen LogP contribution is 2.16. The molecule has 0 aromatic heterocycles. The number of rotatable bonds is 3. The summed E-state index contributed by atoms with van der Waals surface area (Å²) in [5.41, 5.74) is 5.94. The fourth-order valence-corrected chi connectivity index (χ4v) is 1.17. The van der Waals surface area contributed by atoms with Gasteiger partial charge in [-0.1, -0.05) is 26.1 Å². The Hall–Kier alpha value is -1.49. The third-order valence-corrected chi connectivity index (χ3v) is 2.27. The van der Waals surface area contributed by atoms with Crippen molar-refractivity contribution in [2.45, 2.75) is 13.8 Å². The minimum Gasteiger partial charge on any atom is -0.389 e. The highest BCUT2D eigenvalue weighted by Gasteiger charge is 2.11. The fraction of sp³-hybridized carbons (Fsp3) is 0.273. The summed E-state index contributed by atoms with van der Waals surface area (Å²) in [6.45, 7) is 3.47. The lowest BCUT2D eigenvalue weighted by molar-refractivity contribution is -0.118. The molecule has 0 spiro atoms. The van der Waals surface area contributed by atoms with Crippen molar-refractivity contribution in [3.8, 4) is 0 Å². The van der Waals surface area contributed by atoms with Crippen LogP contribution in [0.15, 0.2) is 18.2 Å². The first kappa shape index (κ1) is 12.6. The maximum absolute atomic E-state index is 13.5. The molecule has 3 nitrogen and oxygen atoms in total. The van der Waals surface area contributed by atoms with Crippen molar-refractivity contribution in [1.82, 2.24) is 0 Å². The van der Waals surface area contributed by atoms with Crippen molar-refractivity contribution >= 4 is 28.8 Å². The molecule has 0 saturated heterocycles. The number of carbonyl (C=O) groups is 1. The van der Waals surface area contributed by atoms with Gasteiger partial charge < -0.3 is 11.1 Å². The van der Waals surface area contributed by atoms with Gasteiger partial charge in [0.25, 0.3) is 0 Å². The summed E-state index contributed by atoms with van der Waals surface area (Å²) >= 11 is 4.72. The highest BCUT2D eigenvalue weighted by molar-refractivity contribution is 7.80. The van der Waals surface area contributed by atoms with Crippen molar-refractivity contribution in [3.05, 3.63) is 29.6 Å². The lowest BCUT2D eigenvalue weighted by Gasteiger charge is -2.09. The highest BCUT2D eigenvalue weighted by atomic mass is 32.1. The molecule has 16 heavy (non-hydrogen) atoms. The Morgan fingerprint density at radius 3 is 2.56 bits per heavy atom. The molecule has 0 radical (unpaired) electrons. The predicted octanol–water partition coefficient (Wildman–Crippen LogP) is 2.05. The van der Waals surface area contributed by atoms with Gasteiger partial charge in [-0.05, 0) is 18.2 Å². The van der Waals surface area contributed by atoms with Gasteiger partial charge in [-0.15, -0.1) is 0 Å². The molecule has 0 heterocycles. The smallest absolute Gasteiger partial charge is 0.227 e. The molecule has 0 aliphatic rings. The lowest BCUT2D eigenvalue weighted by atomic mass is 10.1. The number of thiocarbonyl (C=S) groups is 1. The molecule has 5 heteroatoms. The Morgan fingerprint density at radius 2 is 2.12 bits per heavy atom. The maximum atomic E-state index is 13.5. The molecule has 0 atom stereocenters. The summed E-state index contributed by atoms with van der Waals surface area (Å²) in [6, 6.07) is 4.23. The van der Waals surface area contributed by atoms with E-state index in [0.29, 0.717) is 5.56 Å². The molecule has 1 aromatic carbocycles. The van der Waals surface area contributed by atoms with E-state index in [1.807, 2.05) is 0 Å². The first-order chi connectivity index (χ1) is 7.41. The first-order valence-corrected chi connectivity index (χ1v) is 5.23. The van der Waals surface area contributed by atoms with Crippen molar-refractivity contribution in [1.29, 1.82) is 0 Å². The van der Waals surface area contributed by atoms with Crippen LogP contribution in [0.25, 0.3) is 0 Å². The number of halogens is 1. The Balaban J connectivity index is 2.91. The van der Waals surface area contributed by atoms with E-state index < -0.39 is 5.82 Å². The van der Waals surface area contributed by atoms with Crippen LogP contribution in [0.3, 0.4) is 0 Å². The number of hydrogen-bond acceptors (Lipinski definition) is 2. The van der Waals surface area contributed by atoms with Gasteiger partial charge in [0.05, 0.1) is 5.69 Å². The van der Waals surface area contributed by atoms with Crippen LogP contribution in [0, 0.1) is 11.7 Å². The van der Waals surface area contributed by atoms with Gasteiger partial charge in [-0.25, -0.2) is 4.39 Å². The second kappa shape index (κ2) is 5.03. The van der Waals surface area contributed by atoms with Gasteiger partial charge in [0.2, 0.25) is 5.91 Å². The van der Waals surface area contributed by atoms with E-state index in [-0.39, 0.29) is 22.5 Å². The van der Waals surface area contributed by atoms with E-state index in [4.69, 9.17) is 18.0 Å². The third kappa shape index (κ3) is 3.00. The summed E-state index contributed by atoms with van der Waals surface area (Å²) in [6.07, 6.45) is 0. The van der Waals surface area contributed by atoms with E-state index in [2.05, 4.69) is 5.32 Å². The Labute approximate surface area is 98.8 Å². The van der Waals surface area contributed by atoms with E-state index in [0.717, 1.165) is 0 Å². The molecule has 3 N–H and O–H groups in total. The topological polar surface area (TPSA) is 55.1 Å². The molecule has 86 valence electrons. The summed E-state index contributed by atoms with van der Waals surface area (Å²) in [5, 5.41) is 2.48. The average molecular weight is 240 g/mol. The molecule has 0 bridgehead atoms. The standard InChI is InChI=1S/C11H13FN2OS/c1-6(2)11(15)14-9-4-3-7(10(13)16)5-8(9)12/h3-6H,1-2H3,(H2,13,16)(H,14,15). The molecular formula is C11H13FN2OS. The average Bonchev–Trinajstić information content (AvgIpc) is 2.20. The summed E-state index contributed by atoms with van der Waals surface area (Å²) in [7, 11) is 0. The summed E-state index contributed by atoms with van der Waals surface area (Å²) < 4.78 is 13.5. The maximum Gasteiger partial charge on any atom is 0.227 e. The fourth-order valence-electron chi connectivity index (χ4n) is 1.05. The van der Waals surface area contributed by atoms with Crippen LogP contribution in [0.4, 0.5) is 10.1 Å². The van der Waals surface area contributed by atoms with Crippen molar-refractivity contribution in [2.24, 2.45) is 11.7 Å². The minimum absolute atomic E-state index is 0.126. The monoisotopic (exact) mass is 240 g/mol. The van der Waals surface area contributed by atoms with E-state index in [9.17, 15) is 9.18 Å². The number of nitrogens with one attached hydrogen (secondary N) is 1. The second-order valence-corrected chi connectivity index (χ2v) is 4.14. The van der Waals surface area contributed by atoms with Gasteiger partial charge in [0, 0.05) is 11.5 Å². The third-order valence-electron chi connectivity index (χ3n) is 2.04. The number of carbonyl (C=O) groups excluding carboxylic acids is 1. The Kier molecular flexibility index (Phi) is 3.95. The molecule has 0 fully saturated rings. The molecule has 0 saturated carbocycles. The zero-order valence-corrected chi connectivity index (χ0v) is 9.90. The van der Waals surface area contributed by atoms with E-state index in [1.54, 1.807) is 19.9 Å². The van der Waals surface area contributed by atoms with E-state index >= 15 is 0 Å². The molecular weight excluding hydrogens is 227 g/mol. The number of amides is 1. The van der Waals surface area contributed by atoms with Crippen LogP contribution in [0.1, 0.15) is 19.4 Å². The molecule has 0 aliphatic heterocycles. The van der Waals surface area contributed by atoms with Gasteiger partial charge in [-0.2, -0.15) is 0 Å². The van der Waals surface area contributed by atoms with Crippen LogP contribution in [-0.2, 0) is 4.79 Å². The van der Waals surface area contributed by atoms with Gasteiger partial charge in [0.15, 0.2) is 0 Å². The SMILES string of the molecule is CC(C)C(=O)Nc1ccc(C(N)=S)cc1F. The van der Waals surface area contributed by atoms with Gasteiger partial charge in [-0.3, -0.25) is 4.79 Å². The minimum atomic E-state index is -0.542. The number of anilines is 1. The second-order valence-electron chi connectivity index (χ2n) is 3.70. The molecule has 0 aliphatic carbocycles. The zero-order valence-electron chi connectivity index (χ0n) is 9.08. The van der Waals surface area contributed by atoms with Crippen LogP contribution < -0.4 is 11.1 Å². The lowest BCUT2D eigenvalue weighted by Crippen LogP contribution is -2.19. The number of benzene rings is 1. The summed E-state index contributed by atoms with van der Waals surface area (Å²) in [5.74, 6) is -0.976. The molecule has 0 unspecified atom stereocenters. The molecule has 1 amide bonds. The summed E-state index contributed by atoms with van der Waals surface area (Å²) in [4.78, 5) is 11.5. The number of nitrogens with two attached hydrogens (primary N) is 1. The van der Waals surface area contributed by atoms with Crippen molar-refractivity contribution in [2.75, 3.05) is 5.32 Å². The quantitative estimate of drug-likeness (QED) is 0.795. The van der Waals surface area contributed by atoms with Crippen LogP contribution in [-0.4, -0.2) is 10.9 Å². The zero-order chi connectivity index (χ0) is 12.3. The van der Waals surface area contributed by atoms with Gasteiger partial charge >= 0.3 is 0 Å². The predicted molar refractivity (Wildman–Crippen MR) is 65.8 cm³/mol. The molecule has 1 rings (SSSR count). The van der Waals surface area contributed by atoms with Crippen LogP contribution in [0.5, 0.6) is 0 Å². The molecule has 1 aromatic rings. The Morgan fingerprint density at radius 1 is 1.50 bits per heavy atom. The normalized spacial score (nSPS) is 10.2. The van der Waals surface area contributed by atoms with E-state index in [1.165, 1.54) is 12.1 Å². The largest absolute Gasteiger partial charge is 0.389 e. The van der Waals surface area contributed by atoms with Gasteiger partial charge in [0.1, 0.15) is 10.8 Å². The van der Waals surface area contributed by atoms with Crippen LogP contribution in [0.2, 0.25) is 0 Å². The number of hydrogen-bond donors (Lipinski definition) is 2. The van der Waals surface area contributed by atoms with Crippen molar-refractivity contribution in [3.63, 3.8) is 0 Å². The van der Waals surface area contributed by atoms with Crippen molar-refractivity contribution < 1.29 is 9.18 Å². The first-order valence-electron chi connectivity index (χ1n) is 4.82. The van der Waals surface area contributed by atoms with Crippen LogP contribution >= 0.6 is 12.2 Å². The Bertz CT molecular complexity index is 432.